The number of nitrogens with one attached hydrogen (secondary N) is 1. The Bertz CT molecular complexity index is 1300. The summed E-state index contributed by atoms with van der Waals surface area (Å²) >= 11 is 0. The molecule has 0 atom stereocenters. The Kier molecular flexibility index (Phi) is 5.01. The Morgan fingerprint density at radius 1 is 1.33 bits per heavy atom. The third-order valence-corrected chi connectivity index (χ3v) is 4.51. The second kappa shape index (κ2) is 7.93. The minimum absolute atomic E-state index is 0.217. The zero-order chi connectivity index (χ0) is 21.1. The minimum atomic E-state index is -0.431. The summed E-state index contributed by atoms with van der Waals surface area (Å²) in [5.41, 5.74) is 1.84. The van der Waals surface area contributed by atoms with E-state index in [2.05, 4.69) is 15.4 Å². The van der Waals surface area contributed by atoms with E-state index in [1.54, 1.807) is 19.2 Å². The van der Waals surface area contributed by atoms with E-state index in [1.165, 1.54) is 29.3 Å². The van der Waals surface area contributed by atoms with Crippen molar-refractivity contribution >= 4 is 28.7 Å². The SMILES string of the molecule is COc1cccc2c(C)cc(-n3ncc(C#N)c3NC(=O)/C=C/c3ccco3)nc12. The first-order chi connectivity index (χ1) is 14.6. The van der Waals surface area contributed by atoms with Crippen LogP contribution in [0.25, 0.3) is 22.8 Å². The molecule has 1 amide bonds. The van der Waals surface area contributed by atoms with Crippen molar-refractivity contribution < 1.29 is 13.9 Å². The first-order valence-electron chi connectivity index (χ1n) is 9.06. The predicted octanol–water partition coefficient (Wildman–Crippen LogP) is 3.85. The Balaban J connectivity index is 1.75. The molecule has 1 aromatic carbocycles. The molecule has 0 fully saturated rings. The number of nitrogens with zero attached hydrogens (tertiary/aromatic N) is 4. The average molecular weight is 399 g/mol. The lowest BCUT2D eigenvalue weighted by Crippen LogP contribution is -2.14. The number of rotatable bonds is 5. The van der Waals surface area contributed by atoms with Crippen molar-refractivity contribution in [1.82, 2.24) is 14.8 Å². The molecule has 0 saturated carbocycles. The lowest BCUT2D eigenvalue weighted by Gasteiger charge is -2.12. The van der Waals surface area contributed by atoms with Gasteiger partial charge in [0.05, 0.1) is 19.6 Å². The fraction of sp³-hybridized carbons (Fsp3) is 0.0909. The molecule has 30 heavy (non-hydrogen) atoms. The Labute approximate surface area is 172 Å². The van der Waals surface area contributed by atoms with Crippen molar-refractivity contribution in [2.75, 3.05) is 12.4 Å². The number of amides is 1. The van der Waals surface area contributed by atoms with Crippen LogP contribution in [0.4, 0.5) is 5.82 Å². The van der Waals surface area contributed by atoms with Gasteiger partial charge >= 0.3 is 0 Å². The number of carbonyl (C=O) groups is 1. The highest BCUT2D eigenvalue weighted by atomic mass is 16.5. The van der Waals surface area contributed by atoms with Crippen LogP contribution in [0.5, 0.6) is 5.75 Å². The monoisotopic (exact) mass is 399 g/mol. The van der Waals surface area contributed by atoms with Gasteiger partial charge in [-0.1, -0.05) is 12.1 Å². The summed E-state index contributed by atoms with van der Waals surface area (Å²) in [6, 6.07) is 13.0. The van der Waals surface area contributed by atoms with Gasteiger partial charge in [-0.25, -0.2) is 4.98 Å². The Morgan fingerprint density at radius 2 is 2.20 bits per heavy atom. The summed E-state index contributed by atoms with van der Waals surface area (Å²) < 4.78 is 12.0. The average Bonchev–Trinajstić information content (AvgIpc) is 3.41. The number of hydrogen-bond acceptors (Lipinski definition) is 6. The Hall–Kier alpha value is -4.38. The third-order valence-electron chi connectivity index (χ3n) is 4.51. The summed E-state index contributed by atoms with van der Waals surface area (Å²) in [4.78, 5) is 17.1. The third kappa shape index (κ3) is 3.52. The van der Waals surface area contributed by atoms with Gasteiger partial charge in [0.15, 0.2) is 11.6 Å². The number of aromatic nitrogens is 3. The second-order valence-electron chi connectivity index (χ2n) is 6.42. The molecule has 0 radical (unpaired) electrons. The number of ether oxygens (including phenoxy) is 1. The largest absolute Gasteiger partial charge is 0.494 e. The van der Waals surface area contributed by atoms with Gasteiger partial charge in [-0.15, -0.1) is 0 Å². The van der Waals surface area contributed by atoms with Crippen molar-refractivity contribution in [2.24, 2.45) is 0 Å². The first-order valence-corrected chi connectivity index (χ1v) is 9.06. The van der Waals surface area contributed by atoms with E-state index in [9.17, 15) is 10.1 Å². The van der Waals surface area contributed by atoms with Crippen LogP contribution in [-0.2, 0) is 4.79 Å². The normalized spacial score (nSPS) is 11.0. The standard InChI is InChI=1S/C22H17N5O3/c1-14-11-19(25-21-17(14)6-3-7-18(21)29-2)27-22(15(12-23)13-24-27)26-20(28)9-8-16-5-4-10-30-16/h3-11,13H,1-2H3,(H,26,28)/b9-8+. The molecule has 3 heterocycles. The number of furan rings is 1. The number of methoxy groups -OCH3 is 1. The molecule has 0 aliphatic heterocycles. The maximum absolute atomic E-state index is 12.4. The topological polar surface area (TPSA) is 106 Å². The number of pyridine rings is 1. The fourth-order valence-corrected chi connectivity index (χ4v) is 3.07. The molecular weight excluding hydrogens is 382 g/mol. The fourth-order valence-electron chi connectivity index (χ4n) is 3.07. The molecule has 8 nitrogen and oxygen atoms in total. The summed E-state index contributed by atoms with van der Waals surface area (Å²) in [5, 5.41) is 17.4. The molecule has 0 aliphatic carbocycles. The second-order valence-corrected chi connectivity index (χ2v) is 6.42. The number of fused-ring (bicyclic) bond motifs is 1. The number of para-hydroxylation sites is 1. The summed E-state index contributed by atoms with van der Waals surface area (Å²) in [7, 11) is 1.58. The predicted molar refractivity (Wildman–Crippen MR) is 111 cm³/mol. The van der Waals surface area contributed by atoms with Crippen LogP contribution < -0.4 is 10.1 Å². The Morgan fingerprint density at radius 3 is 2.93 bits per heavy atom. The maximum Gasteiger partial charge on any atom is 0.249 e. The number of hydrogen-bond donors (Lipinski definition) is 1. The summed E-state index contributed by atoms with van der Waals surface area (Å²) in [6.45, 7) is 1.95. The van der Waals surface area contributed by atoms with E-state index in [1.807, 2.05) is 37.3 Å². The van der Waals surface area contributed by atoms with Crippen LogP contribution in [0.1, 0.15) is 16.9 Å². The summed E-state index contributed by atoms with van der Waals surface area (Å²) in [6.07, 6.45) is 5.75. The molecule has 8 heteroatoms. The van der Waals surface area contributed by atoms with Crippen LogP contribution in [0, 0.1) is 18.3 Å². The smallest absolute Gasteiger partial charge is 0.249 e. The van der Waals surface area contributed by atoms with Gasteiger partial charge in [0.25, 0.3) is 0 Å². The van der Waals surface area contributed by atoms with Gasteiger partial charge in [0, 0.05) is 11.5 Å². The van der Waals surface area contributed by atoms with Crippen LogP contribution in [-0.4, -0.2) is 27.8 Å². The van der Waals surface area contributed by atoms with Gasteiger partial charge < -0.3 is 14.5 Å². The molecule has 4 rings (SSSR count). The molecule has 0 bridgehead atoms. The number of benzene rings is 1. The first kappa shape index (κ1) is 19.0. The highest BCUT2D eigenvalue weighted by molar-refractivity contribution is 6.02. The van der Waals surface area contributed by atoms with Crippen molar-refractivity contribution in [3.63, 3.8) is 0 Å². The van der Waals surface area contributed by atoms with Gasteiger partial charge in [-0.05, 0) is 42.8 Å². The minimum Gasteiger partial charge on any atom is -0.494 e. The van der Waals surface area contributed by atoms with Crippen LogP contribution in [0.3, 0.4) is 0 Å². The lowest BCUT2D eigenvalue weighted by atomic mass is 10.1. The number of carbonyl (C=O) groups excluding carboxylic acids is 1. The quantitative estimate of drug-likeness (QED) is 0.511. The van der Waals surface area contributed by atoms with E-state index in [4.69, 9.17) is 9.15 Å². The number of anilines is 1. The van der Waals surface area contributed by atoms with Gasteiger partial charge in [0.2, 0.25) is 5.91 Å². The number of nitriles is 1. The van der Waals surface area contributed by atoms with Gasteiger partial charge in [0.1, 0.15) is 28.7 Å². The van der Waals surface area contributed by atoms with E-state index < -0.39 is 5.91 Å². The van der Waals surface area contributed by atoms with Crippen molar-refractivity contribution in [1.29, 1.82) is 5.26 Å². The van der Waals surface area contributed by atoms with E-state index >= 15 is 0 Å². The molecule has 0 unspecified atom stereocenters. The molecule has 0 aliphatic rings. The molecule has 0 spiro atoms. The zero-order valence-corrected chi connectivity index (χ0v) is 16.3. The van der Waals surface area contributed by atoms with Crippen LogP contribution >= 0.6 is 0 Å². The van der Waals surface area contributed by atoms with Gasteiger partial charge in [-0.3, -0.25) is 4.79 Å². The molecular formula is C22H17N5O3. The molecule has 0 saturated heterocycles. The van der Waals surface area contributed by atoms with Crippen LogP contribution in [0.15, 0.2) is 59.4 Å². The van der Waals surface area contributed by atoms with Crippen LogP contribution in [0.2, 0.25) is 0 Å². The van der Waals surface area contributed by atoms with E-state index in [0.717, 1.165) is 10.9 Å². The van der Waals surface area contributed by atoms with Crippen molar-refractivity contribution in [3.05, 3.63) is 71.8 Å². The molecule has 4 aromatic rings. The summed E-state index contributed by atoms with van der Waals surface area (Å²) in [5.74, 6) is 1.42. The number of aryl methyl sites for hydroxylation is 1. The van der Waals surface area contributed by atoms with Crippen molar-refractivity contribution in [2.45, 2.75) is 6.92 Å². The van der Waals surface area contributed by atoms with E-state index in [-0.39, 0.29) is 11.4 Å². The zero-order valence-electron chi connectivity index (χ0n) is 16.3. The molecule has 3 aromatic heterocycles. The van der Waals surface area contributed by atoms with Crippen molar-refractivity contribution in [3.8, 4) is 17.6 Å². The van der Waals surface area contributed by atoms with Gasteiger partial charge in [-0.2, -0.15) is 15.0 Å². The maximum atomic E-state index is 12.4. The highest BCUT2D eigenvalue weighted by Gasteiger charge is 2.17. The molecule has 148 valence electrons. The lowest BCUT2D eigenvalue weighted by molar-refractivity contribution is -0.111. The highest BCUT2D eigenvalue weighted by Crippen LogP contribution is 2.29. The molecule has 1 N–H and O–H groups in total. The van der Waals surface area contributed by atoms with E-state index in [0.29, 0.717) is 22.8 Å².